The molecule has 0 bridgehead atoms. The third-order valence-corrected chi connectivity index (χ3v) is 4.05. The van der Waals surface area contributed by atoms with Gasteiger partial charge in [0, 0.05) is 12.8 Å². The molecule has 0 fully saturated rings. The van der Waals surface area contributed by atoms with Gasteiger partial charge in [0.15, 0.2) is 5.16 Å². The number of aromatic carboxylic acids is 1. The van der Waals surface area contributed by atoms with Crippen LogP contribution in [0, 0.1) is 6.92 Å². The number of hydrogen-bond acceptors (Lipinski definition) is 5. The summed E-state index contributed by atoms with van der Waals surface area (Å²) in [5.41, 5.74) is 0.189. The van der Waals surface area contributed by atoms with Crippen LogP contribution in [0.25, 0.3) is 0 Å². The molecule has 2 rings (SSSR count). The van der Waals surface area contributed by atoms with Crippen LogP contribution in [0.3, 0.4) is 0 Å². The molecule has 1 aromatic carbocycles. The summed E-state index contributed by atoms with van der Waals surface area (Å²) >= 11 is 1.61. The molecule has 0 aliphatic heterocycles. The Morgan fingerprint density at radius 2 is 2.14 bits per heavy atom. The first-order valence-corrected chi connectivity index (χ1v) is 7.52. The number of benzene rings is 1. The van der Waals surface area contributed by atoms with Crippen LogP contribution in [-0.2, 0) is 7.05 Å². The Kier molecular flexibility index (Phi) is 5.21. The zero-order chi connectivity index (χ0) is 15.2. The van der Waals surface area contributed by atoms with E-state index in [-0.39, 0.29) is 5.56 Å². The summed E-state index contributed by atoms with van der Waals surface area (Å²) in [6.07, 6.45) is 0.796. The Bertz CT molecular complexity index is 628. The van der Waals surface area contributed by atoms with Crippen LogP contribution >= 0.6 is 11.8 Å². The van der Waals surface area contributed by atoms with E-state index in [0.29, 0.717) is 12.4 Å². The lowest BCUT2D eigenvalue weighted by molar-refractivity contribution is 0.0692. The quantitative estimate of drug-likeness (QED) is 0.625. The summed E-state index contributed by atoms with van der Waals surface area (Å²) in [4.78, 5) is 11.0. The number of aryl methyl sites for hydroxylation is 1. The van der Waals surface area contributed by atoms with Gasteiger partial charge in [0.25, 0.3) is 0 Å². The van der Waals surface area contributed by atoms with Crippen LogP contribution in [0.2, 0.25) is 0 Å². The lowest BCUT2D eigenvalue weighted by Gasteiger charge is -2.08. The predicted molar refractivity (Wildman–Crippen MR) is 80.0 cm³/mol. The van der Waals surface area contributed by atoms with Crippen molar-refractivity contribution in [3.63, 3.8) is 0 Å². The average molecular weight is 307 g/mol. The second kappa shape index (κ2) is 7.12. The molecule has 112 valence electrons. The highest BCUT2D eigenvalue weighted by Gasteiger charge is 2.10. The molecule has 0 amide bonds. The second-order valence-corrected chi connectivity index (χ2v) is 5.50. The molecule has 0 saturated heterocycles. The summed E-state index contributed by atoms with van der Waals surface area (Å²) in [7, 11) is 1.93. The summed E-state index contributed by atoms with van der Waals surface area (Å²) < 4.78 is 7.47. The van der Waals surface area contributed by atoms with E-state index in [0.717, 1.165) is 23.2 Å². The van der Waals surface area contributed by atoms with E-state index in [1.165, 1.54) is 6.07 Å². The Morgan fingerprint density at radius 1 is 1.38 bits per heavy atom. The number of para-hydroxylation sites is 1. The third kappa shape index (κ3) is 3.98. The van der Waals surface area contributed by atoms with Gasteiger partial charge in [-0.2, -0.15) is 0 Å². The van der Waals surface area contributed by atoms with E-state index in [2.05, 4.69) is 10.2 Å². The maximum absolute atomic E-state index is 11.0. The first-order chi connectivity index (χ1) is 10.1. The summed E-state index contributed by atoms with van der Waals surface area (Å²) in [6, 6.07) is 6.65. The van der Waals surface area contributed by atoms with Gasteiger partial charge in [-0.3, -0.25) is 0 Å². The predicted octanol–water partition coefficient (Wildman–Crippen LogP) is 2.38. The Balaban J connectivity index is 1.78. The average Bonchev–Trinajstić information content (AvgIpc) is 2.79. The van der Waals surface area contributed by atoms with Gasteiger partial charge < -0.3 is 14.4 Å². The number of carboxylic acids is 1. The molecule has 21 heavy (non-hydrogen) atoms. The van der Waals surface area contributed by atoms with Crippen LogP contribution < -0.4 is 4.74 Å². The van der Waals surface area contributed by atoms with E-state index in [9.17, 15) is 4.79 Å². The Hall–Kier alpha value is -2.02. The zero-order valence-electron chi connectivity index (χ0n) is 11.9. The Morgan fingerprint density at radius 3 is 2.81 bits per heavy atom. The van der Waals surface area contributed by atoms with E-state index >= 15 is 0 Å². The molecule has 0 aliphatic rings. The van der Waals surface area contributed by atoms with Crippen molar-refractivity contribution in [2.75, 3.05) is 12.4 Å². The van der Waals surface area contributed by atoms with Crippen molar-refractivity contribution in [3.8, 4) is 5.75 Å². The van der Waals surface area contributed by atoms with Gasteiger partial charge in [0.05, 0.1) is 6.61 Å². The summed E-state index contributed by atoms with van der Waals surface area (Å²) in [5, 5.41) is 18.0. The molecule has 1 aromatic heterocycles. The van der Waals surface area contributed by atoms with Crippen LogP contribution in [0.15, 0.2) is 29.4 Å². The molecule has 7 heteroatoms. The minimum Gasteiger partial charge on any atom is -0.493 e. The monoisotopic (exact) mass is 307 g/mol. The highest BCUT2D eigenvalue weighted by atomic mass is 32.2. The SMILES string of the molecule is Cc1nnc(SCCCOc2ccccc2C(=O)O)n1C. The molecule has 0 saturated carbocycles. The fourth-order valence-corrected chi connectivity index (χ4v) is 2.56. The number of carboxylic acid groups (broad SMARTS) is 1. The molecule has 6 nitrogen and oxygen atoms in total. The molecule has 0 radical (unpaired) electrons. The van der Waals surface area contributed by atoms with Gasteiger partial charge in [-0.05, 0) is 25.5 Å². The van der Waals surface area contributed by atoms with Crippen molar-refractivity contribution in [3.05, 3.63) is 35.7 Å². The molecule has 0 unspecified atom stereocenters. The first kappa shape index (κ1) is 15.4. The first-order valence-electron chi connectivity index (χ1n) is 6.53. The van der Waals surface area contributed by atoms with E-state index in [4.69, 9.17) is 9.84 Å². The molecule has 1 N–H and O–H groups in total. The van der Waals surface area contributed by atoms with Crippen molar-refractivity contribution < 1.29 is 14.6 Å². The Labute approximate surface area is 127 Å². The van der Waals surface area contributed by atoms with Crippen LogP contribution in [-0.4, -0.2) is 38.2 Å². The number of thioether (sulfide) groups is 1. The standard InChI is InChI=1S/C14H17N3O3S/c1-10-15-16-14(17(10)2)21-9-5-8-20-12-7-4-3-6-11(12)13(18)19/h3-4,6-7H,5,8-9H2,1-2H3,(H,18,19). The van der Waals surface area contributed by atoms with Crippen molar-refractivity contribution in [2.45, 2.75) is 18.5 Å². The van der Waals surface area contributed by atoms with Gasteiger partial charge in [-0.15, -0.1) is 10.2 Å². The van der Waals surface area contributed by atoms with Crippen molar-refractivity contribution in [1.82, 2.24) is 14.8 Å². The minimum atomic E-state index is -0.977. The number of hydrogen-bond donors (Lipinski definition) is 1. The number of ether oxygens (including phenoxy) is 1. The molecule has 0 aliphatic carbocycles. The molecular weight excluding hydrogens is 290 g/mol. The summed E-state index contributed by atoms with van der Waals surface area (Å²) in [6.45, 7) is 2.37. The van der Waals surface area contributed by atoms with Crippen LogP contribution in [0.4, 0.5) is 0 Å². The highest BCUT2D eigenvalue weighted by molar-refractivity contribution is 7.99. The maximum atomic E-state index is 11.0. The smallest absolute Gasteiger partial charge is 0.339 e. The third-order valence-electron chi connectivity index (χ3n) is 2.95. The normalized spacial score (nSPS) is 10.6. The minimum absolute atomic E-state index is 0.189. The van der Waals surface area contributed by atoms with E-state index < -0.39 is 5.97 Å². The molecule has 1 heterocycles. The lowest BCUT2D eigenvalue weighted by Crippen LogP contribution is -2.05. The zero-order valence-corrected chi connectivity index (χ0v) is 12.8. The number of aromatic nitrogens is 3. The van der Waals surface area contributed by atoms with Crippen LogP contribution in [0.1, 0.15) is 22.6 Å². The molecule has 0 atom stereocenters. The van der Waals surface area contributed by atoms with E-state index in [1.807, 2.05) is 18.5 Å². The van der Waals surface area contributed by atoms with Gasteiger partial charge in [-0.25, -0.2) is 4.79 Å². The largest absolute Gasteiger partial charge is 0.493 e. The fraction of sp³-hybridized carbons (Fsp3) is 0.357. The fourth-order valence-electron chi connectivity index (χ4n) is 1.69. The van der Waals surface area contributed by atoms with Crippen molar-refractivity contribution >= 4 is 17.7 Å². The van der Waals surface area contributed by atoms with Gasteiger partial charge in [-0.1, -0.05) is 23.9 Å². The number of rotatable bonds is 7. The van der Waals surface area contributed by atoms with Crippen LogP contribution in [0.5, 0.6) is 5.75 Å². The second-order valence-electron chi connectivity index (χ2n) is 4.44. The van der Waals surface area contributed by atoms with Crippen molar-refractivity contribution in [1.29, 1.82) is 0 Å². The molecular formula is C14H17N3O3S. The molecule has 2 aromatic rings. The van der Waals surface area contributed by atoms with Gasteiger partial charge >= 0.3 is 5.97 Å². The lowest BCUT2D eigenvalue weighted by atomic mass is 10.2. The van der Waals surface area contributed by atoms with E-state index in [1.54, 1.807) is 30.0 Å². The maximum Gasteiger partial charge on any atom is 0.339 e. The highest BCUT2D eigenvalue weighted by Crippen LogP contribution is 2.19. The van der Waals surface area contributed by atoms with Crippen molar-refractivity contribution in [2.24, 2.45) is 7.05 Å². The topological polar surface area (TPSA) is 77.2 Å². The number of nitrogens with zero attached hydrogens (tertiary/aromatic N) is 3. The van der Waals surface area contributed by atoms with Gasteiger partial charge in [0.2, 0.25) is 0 Å². The summed E-state index contributed by atoms with van der Waals surface area (Å²) in [5.74, 6) is 1.14. The van der Waals surface area contributed by atoms with Gasteiger partial charge in [0.1, 0.15) is 17.1 Å². The molecule has 0 spiro atoms. The number of carbonyl (C=O) groups is 1.